The lowest BCUT2D eigenvalue weighted by Gasteiger charge is -2.25. The summed E-state index contributed by atoms with van der Waals surface area (Å²) in [6, 6.07) is 9.41. The summed E-state index contributed by atoms with van der Waals surface area (Å²) in [6.07, 6.45) is 3.55. The first-order chi connectivity index (χ1) is 9.61. The third-order valence-electron chi connectivity index (χ3n) is 3.09. The van der Waals surface area contributed by atoms with Gasteiger partial charge in [-0.15, -0.1) is 0 Å². The van der Waals surface area contributed by atoms with Crippen LogP contribution < -0.4 is 10.6 Å². The van der Waals surface area contributed by atoms with Crippen LogP contribution in [0.5, 0.6) is 0 Å². The number of pyridine rings is 1. The van der Waals surface area contributed by atoms with Gasteiger partial charge in [-0.05, 0) is 42.8 Å². The number of halogens is 1. The van der Waals surface area contributed by atoms with E-state index < -0.39 is 0 Å². The number of aromatic nitrogens is 1. The molecule has 2 aromatic rings. The van der Waals surface area contributed by atoms with E-state index in [9.17, 15) is 0 Å². The largest absolute Gasteiger partial charge is 0.384 e. The molecule has 0 fully saturated rings. The lowest BCUT2D eigenvalue weighted by molar-refractivity contribution is 0.829. The van der Waals surface area contributed by atoms with Crippen molar-refractivity contribution < 1.29 is 0 Å². The summed E-state index contributed by atoms with van der Waals surface area (Å²) in [7, 11) is 0. The number of hydrogen-bond acceptors (Lipinski definition) is 3. The Morgan fingerprint density at radius 1 is 1.30 bits per heavy atom. The molecule has 0 amide bonds. The van der Waals surface area contributed by atoms with Crippen LogP contribution in [0.2, 0.25) is 5.02 Å². The topological polar surface area (TPSA) is 66.0 Å². The highest BCUT2D eigenvalue weighted by atomic mass is 35.5. The highest BCUT2D eigenvalue weighted by Gasteiger charge is 2.13. The van der Waals surface area contributed by atoms with Crippen molar-refractivity contribution >= 4 is 23.1 Å². The van der Waals surface area contributed by atoms with Gasteiger partial charge < -0.3 is 10.6 Å². The molecule has 0 saturated heterocycles. The molecule has 3 N–H and O–H groups in total. The molecule has 0 aliphatic carbocycles. The van der Waals surface area contributed by atoms with Crippen molar-refractivity contribution in [3.63, 3.8) is 0 Å². The number of nitrogen functional groups attached to an aromatic ring is 1. The van der Waals surface area contributed by atoms with E-state index in [2.05, 4.69) is 16.8 Å². The van der Waals surface area contributed by atoms with Crippen LogP contribution >= 0.6 is 11.6 Å². The third kappa shape index (κ3) is 3.27. The van der Waals surface area contributed by atoms with E-state index in [1.807, 2.05) is 24.3 Å². The Morgan fingerprint density at radius 2 is 2.00 bits per heavy atom. The van der Waals surface area contributed by atoms with Crippen molar-refractivity contribution in [1.29, 1.82) is 5.41 Å². The molecule has 4 nitrogen and oxygen atoms in total. The molecule has 1 aromatic carbocycles. The molecule has 104 valence electrons. The fourth-order valence-corrected chi connectivity index (χ4v) is 2.25. The molecule has 1 heterocycles. The normalized spacial score (nSPS) is 10.3. The average Bonchev–Trinajstić information content (AvgIpc) is 2.46. The quantitative estimate of drug-likeness (QED) is 0.656. The molecule has 0 aliphatic heterocycles. The monoisotopic (exact) mass is 288 g/mol. The van der Waals surface area contributed by atoms with Crippen molar-refractivity contribution in [2.75, 3.05) is 11.4 Å². The Labute approximate surface area is 123 Å². The van der Waals surface area contributed by atoms with E-state index in [0.717, 1.165) is 24.3 Å². The molecular weight excluding hydrogens is 272 g/mol. The van der Waals surface area contributed by atoms with Gasteiger partial charge in [0, 0.05) is 41.8 Å². The predicted octanol–water partition coefficient (Wildman–Crippen LogP) is 3.05. The van der Waals surface area contributed by atoms with E-state index in [4.69, 9.17) is 22.7 Å². The first-order valence-electron chi connectivity index (χ1n) is 6.39. The standard InChI is InChI=1S/C15H17ClN4/c1-2-20(10-11-5-7-19-8-6-11)14-4-3-12(16)9-13(14)15(17)18/h3-9H,2,10H2,1H3,(H3,17,18). The maximum absolute atomic E-state index is 7.70. The summed E-state index contributed by atoms with van der Waals surface area (Å²) >= 11 is 5.99. The van der Waals surface area contributed by atoms with Crippen LogP contribution in [0.4, 0.5) is 5.69 Å². The van der Waals surface area contributed by atoms with Gasteiger partial charge in [-0.1, -0.05) is 11.6 Å². The van der Waals surface area contributed by atoms with Crippen LogP contribution in [0.3, 0.4) is 0 Å². The molecule has 5 heteroatoms. The second kappa shape index (κ2) is 6.39. The zero-order valence-corrected chi connectivity index (χ0v) is 12.1. The molecular formula is C15H17ClN4. The smallest absolute Gasteiger partial charge is 0.124 e. The average molecular weight is 289 g/mol. The molecule has 0 saturated carbocycles. The van der Waals surface area contributed by atoms with Crippen LogP contribution in [-0.4, -0.2) is 17.4 Å². The van der Waals surface area contributed by atoms with Crippen LogP contribution in [0.25, 0.3) is 0 Å². The summed E-state index contributed by atoms with van der Waals surface area (Å²) in [5.41, 5.74) is 8.39. The second-order valence-electron chi connectivity index (χ2n) is 4.44. The van der Waals surface area contributed by atoms with E-state index in [1.54, 1.807) is 18.5 Å². The van der Waals surface area contributed by atoms with Crippen molar-refractivity contribution in [3.8, 4) is 0 Å². The van der Waals surface area contributed by atoms with Gasteiger partial charge in [-0.25, -0.2) is 0 Å². The Kier molecular flexibility index (Phi) is 4.58. The van der Waals surface area contributed by atoms with Crippen LogP contribution in [-0.2, 0) is 6.54 Å². The zero-order chi connectivity index (χ0) is 14.5. The molecule has 0 unspecified atom stereocenters. The van der Waals surface area contributed by atoms with Crippen molar-refractivity contribution in [2.24, 2.45) is 5.73 Å². The van der Waals surface area contributed by atoms with Crippen molar-refractivity contribution in [3.05, 3.63) is 58.9 Å². The molecule has 0 atom stereocenters. The van der Waals surface area contributed by atoms with Crippen LogP contribution in [0, 0.1) is 5.41 Å². The Hall–Kier alpha value is -2.07. The minimum Gasteiger partial charge on any atom is -0.384 e. The summed E-state index contributed by atoms with van der Waals surface area (Å²) in [5.74, 6) is 0.0238. The van der Waals surface area contributed by atoms with Gasteiger partial charge in [-0.3, -0.25) is 10.4 Å². The number of anilines is 1. The van der Waals surface area contributed by atoms with E-state index in [1.165, 1.54) is 0 Å². The first-order valence-corrected chi connectivity index (χ1v) is 6.77. The molecule has 0 radical (unpaired) electrons. The molecule has 1 aromatic heterocycles. The number of benzene rings is 1. The fourth-order valence-electron chi connectivity index (χ4n) is 2.08. The summed E-state index contributed by atoms with van der Waals surface area (Å²) in [4.78, 5) is 6.17. The number of hydrogen-bond donors (Lipinski definition) is 2. The van der Waals surface area contributed by atoms with Gasteiger partial charge in [-0.2, -0.15) is 0 Å². The molecule has 2 rings (SSSR count). The Bertz CT molecular complexity index is 598. The molecule has 20 heavy (non-hydrogen) atoms. The van der Waals surface area contributed by atoms with E-state index >= 15 is 0 Å². The maximum atomic E-state index is 7.70. The first kappa shape index (κ1) is 14.3. The predicted molar refractivity (Wildman–Crippen MR) is 83.4 cm³/mol. The van der Waals surface area contributed by atoms with E-state index in [-0.39, 0.29) is 5.84 Å². The van der Waals surface area contributed by atoms with Crippen molar-refractivity contribution in [1.82, 2.24) is 4.98 Å². The fraction of sp³-hybridized carbons (Fsp3) is 0.200. The number of rotatable bonds is 5. The Balaban J connectivity index is 2.34. The van der Waals surface area contributed by atoms with Gasteiger partial charge in [0.1, 0.15) is 5.84 Å². The SMILES string of the molecule is CCN(Cc1ccncc1)c1ccc(Cl)cc1C(=N)N. The van der Waals surface area contributed by atoms with Gasteiger partial charge in [0.05, 0.1) is 0 Å². The summed E-state index contributed by atoms with van der Waals surface area (Å²) in [6.45, 7) is 3.62. The third-order valence-corrected chi connectivity index (χ3v) is 3.33. The minimum absolute atomic E-state index is 0.0238. The summed E-state index contributed by atoms with van der Waals surface area (Å²) < 4.78 is 0. The minimum atomic E-state index is 0.0238. The lowest BCUT2D eigenvalue weighted by atomic mass is 10.1. The van der Waals surface area contributed by atoms with Gasteiger partial charge >= 0.3 is 0 Å². The molecule has 0 spiro atoms. The van der Waals surface area contributed by atoms with E-state index in [0.29, 0.717) is 10.6 Å². The maximum Gasteiger partial charge on any atom is 0.124 e. The summed E-state index contributed by atoms with van der Waals surface area (Å²) in [5, 5.41) is 8.29. The second-order valence-corrected chi connectivity index (χ2v) is 4.88. The highest BCUT2D eigenvalue weighted by Crippen LogP contribution is 2.25. The Morgan fingerprint density at radius 3 is 2.60 bits per heavy atom. The number of nitrogens with one attached hydrogen (secondary N) is 1. The number of nitrogens with zero attached hydrogens (tertiary/aromatic N) is 2. The highest BCUT2D eigenvalue weighted by molar-refractivity contribution is 6.31. The van der Waals surface area contributed by atoms with Gasteiger partial charge in [0.2, 0.25) is 0 Å². The van der Waals surface area contributed by atoms with Crippen LogP contribution in [0.15, 0.2) is 42.7 Å². The van der Waals surface area contributed by atoms with Crippen LogP contribution in [0.1, 0.15) is 18.1 Å². The van der Waals surface area contributed by atoms with Crippen molar-refractivity contribution in [2.45, 2.75) is 13.5 Å². The molecule has 0 bridgehead atoms. The van der Waals surface area contributed by atoms with Gasteiger partial charge in [0.15, 0.2) is 0 Å². The lowest BCUT2D eigenvalue weighted by Crippen LogP contribution is -2.25. The molecule has 0 aliphatic rings. The zero-order valence-electron chi connectivity index (χ0n) is 11.3. The number of amidine groups is 1. The number of nitrogens with two attached hydrogens (primary N) is 1. The van der Waals surface area contributed by atoms with Gasteiger partial charge in [0.25, 0.3) is 0 Å².